The molecule has 19 heavy (non-hydrogen) atoms. The lowest BCUT2D eigenvalue weighted by Crippen LogP contribution is -2.68. The molecule has 1 heterocycles. The van der Waals surface area contributed by atoms with Gasteiger partial charge in [0.05, 0.1) is 18.0 Å². The lowest BCUT2D eigenvalue weighted by molar-refractivity contribution is 0.169. The van der Waals surface area contributed by atoms with Gasteiger partial charge in [-0.1, -0.05) is 19.3 Å². The molecule has 5 heteroatoms. The highest BCUT2D eigenvalue weighted by atomic mass is 15.3. The van der Waals surface area contributed by atoms with E-state index in [1.807, 2.05) is 0 Å². The minimum absolute atomic E-state index is 0.0439. The summed E-state index contributed by atoms with van der Waals surface area (Å²) in [7, 11) is 0. The van der Waals surface area contributed by atoms with Gasteiger partial charge in [0.25, 0.3) is 0 Å². The summed E-state index contributed by atoms with van der Waals surface area (Å²) in [4.78, 5) is 0. The van der Waals surface area contributed by atoms with Crippen LogP contribution < -0.4 is 27.4 Å². The molecule has 3 unspecified atom stereocenters. The van der Waals surface area contributed by atoms with Crippen molar-refractivity contribution in [1.82, 2.24) is 16.0 Å². The van der Waals surface area contributed by atoms with Gasteiger partial charge in [0, 0.05) is 12.1 Å². The van der Waals surface area contributed by atoms with E-state index in [1.54, 1.807) is 0 Å². The van der Waals surface area contributed by atoms with Crippen molar-refractivity contribution in [2.24, 2.45) is 11.5 Å². The van der Waals surface area contributed by atoms with E-state index in [1.165, 1.54) is 32.1 Å². The number of nitrogens with two attached hydrogens (primary N) is 2. The second-order valence-electron chi connectivity index (χ2n) is 6.73. The first-order chi connectivity index (χ1) is 8.96. The van der Waals surface area contributed by atoms with E-state index >= 15 is 0 Å². The van der Waals surface area contributed by atoms with E-state index in [0.717, 1.165) is 12.8 Å². The van der Waals surface area contributed by atoms with E-state index in [0.29, 0.717) is 6.04 Å². The summed E-state index contributed by atoms with van der Waals surface area (Å²) in [6, 6.07) is 0.928. The zero-order chi connectivity index (χ0) is 13.9. The van der Waals surface area contributed by atoms with Gasteiger partial charge in [0.15, 0.2) is 0 Å². The Morgan fingerprint density at radius 3 is 2.26 bits per heavy atom. The molecule has 0 aromatic rings. The number of piperidine rings is 1. The van der Waals surface area contributed by atoms with E-state index in [4.69, 9.17) is 11.5 Å². The lowest BCUT2D eigenvalue weighted by Gasteiger charge is -2.42. The van der Waals surface area contributed by atoms with Crippen LogP contribution in [0, 0.1) is 0 Å². The summed E-state index contributed by atoms with van der Waals surface area (Å²) in [5, 5.41) is 10.6. The number of nitrogens with one attached hydrogen (secondary N) is 3. The highest BCUT2D eigenvalue weighted by Crippen LogP contribution is 2.20. The molecular formula is C14H31N5. The minimum Gasteiger partial charge on any atom is -0.316 e. The molecule has 0 bridgehead atoms. The average molecular weight is 269 g/mol. The molecule has 5 nitrogen and oxygen atoms in total. The molecule has 112 valence electrons. The zero-order valence-corrected chi connectivity index (χ0v) is 12.4. The SMILES string of the molecule is CC(C)(NC1CCCCC1)NC1CCC(N)NC1N. The van der Waals surface area contributed by atoms with Gasteiger partial charge < -0.3 is 11.5 Å². The van der Waals surface area contributed by atoms with Crippen molar-refractivity contribution >= 4 is 0 Å². The number of hydrogen-bond donors (Lipinski definition) is 5. The van der Waals surface area contributed by atoms with Crippen LogP contribution in [-0.4, -0.2) is 30.1 Å². The zero-order valence-electron chi connectivity index (χ0n) is 12.4. The van der Waals surface area contributed by atoms with Crippen molar-refractivity contribution in [2.75, 3.05) is 0 Å². The molecule has 3 atom stereocenters. The number of rotatable bonds is 4. The molecule has 2 aliphatic rings. The first-order valence-corrected chi connectivity index (χ1v) is 7.79. The fourth-order valence-corrected chi connectivity index (χ4v) is 3.41. The normalized spacial score (nSPS) is 34.4. The molecular weight excluding hydrogens is 238 g/mol. The predicted molar refractivity (Wildman–Crippen MR) is 79.3 cm³/mol. The molecule has 1 aliphatic heterocycles. The molecule has 1 saturated carbocycles. The highest BCUT2D eigenvalue weighted by Gasteiger charge is 2.31. The Balaban J connectivity index is 1.82. The molecule has 2 rings (SSSR count). The van der Waals surface area contributed by atoms with Crippen molar-refractivity contribution < 1.29 is 0 Å². The van der Waals surface area contributed by atoms with Gasteiger partial charge in [-0.2, -0.15) is 0 Å². The van der Waals surface area contributed by atoms with Gasteiger partial charge in [-0.05, 0) is 39.5 Å². The summed E-state index contributed by atoms with van der Waals surface area (Å²) in [6.45, 7) is 4.42. The third kappa shape index (κ3) is 4.68. The van der Waals surface area contributed by atoms with Crippen molar-refractivity contribution in [3.8, 4) is 0 Å². The van der Waals surface area contributed by atoms with Gasteiger partial charge in [0.2, 0.25) is 0 Å². The first-order valence-electron chi connectivity index (χ1n) is 7.79. The highest BCUT2D eigenvalue weighted by molar-refractivity contribution is 4.91. The fourth-order valence-electron chi connectivity index (χ4n) is 3.41. The smallest absolute Gasteiger partial charge is 0.0717 e. The van der Waals surface area contributed by atoms with Crippen molar-refractivity contribution in [3.63, 3.8) is 0 Å². The second-order valence-corrected chi connectivity index (χ2v) is 6.73. The Bertz CT molecular complexity index is 275. The summed E-state index contributed by atoms with van der Waals surface area (Å²) in [5.74, 6) is 0. The fraction of sp³-hybridized carbons (Fsp3) is 1.00. The van der Waals surface area contributed by atoms with Crippen LogP contribution in [0.1, 0.15) is 58.8 Å². The van der Waals surface area contributed by atoms with Crippen LogP contribution in [0.15, 0.2) is 0 Å². The Labute approximate surface area is 117 Å². The molecule has 0 aromatic carbocycles. The Morgan fingerprint density at radius 1 is 0.947 bits per heavy atom. The third-order valence-corrected chi connectivity index (χ3v) is 4.35. The Hall–Kier alpha value is -0.200. The van der Waals surface area contributed by atoms with Gasteiger partial charge >= 0.3 is 0 Å². The minimum atomic E-state index is -0.0760. The maximum absolute atomic E-state index is 6.13. The van der Waals surface area contributed by atoms with Crippen molar-refractivity contribution in [1.29, 1.82) is 0 Å². The predicted octanol–water partition coefficient (Wildman–Crippen LogP) is 0.556. The second kappa shape index (κ2) is 6.50. The molecule has 1 saturated heterocycles. The largest absolute Gasteiger partial charge is 0.316 e. The molecule has 1 aliphatic carbocycles. The lowest BCUT2D eigenvalue weighted by atomic mass is 9.94. The quantitative estimate of drug-likeness (QED) is 0.481. The summed E-state index contributed by atoms with van der Waals surface area (Å²) < 4.78 is 0. The molecule has 2 fully saturated rings. The van der Waals surface area contributed by atoms with Gasteiger partial charge in [-0.15, -0.1) is 0 Å². The maximum Gasteiger partial charge on any atom is 0.0717 e. The maximum atomic E-state index is 6.13. The monoisotopic (exact) mass is 269 g/mol. The molecule has 7 N–H and O–H groups in total. The van der Waals surface area contributed by atoms with Crippen LogP contribution in [0.4, 0.5) is 0 Å². The van der Waals surface area contributed by atoms with Crippen LogP contribution in [0.3, 0.4) is 0 Å². The first kappa shape index (κ1) is 15.2. The summed E-state index contributed by atoms with van der Waals surface area (Å²) >= 11 is 0. The van der Waals surface area contributed by atoms with Crippen molar-refractivity contribution in [3.05, 3.63) is 0 Å². The van der Waals surface area contributed by atoms with Gasteiger partial charge in [-0.25, -0.2) is 0 Å². The molecule has 0 radical (unpaired) electrons. The van der Waals surface area contributed by atoms with E-state index in [2.05, 4.69) is 29.8 Å². The number of hydrogen-bond acceptors (Lipinski definition) is 5. The van der Waals surface area contributed by atoms with Crippen LogP contribution >= 0.6 is 0 Å². The molecule has 0 spiro atoms. The van der Waals surface area contributed by atoms with E-state index in [-0.39, 0.29) is 24.0 Å². The van der Waals surface area contributed by atoms with Crippen LogP contribution in [-0.2, 0) is 0 Å². The van der Waals surface area contributed by atoms with Gasteiger partial charge in [-0.3, -0.25) is 16.0 Å². The van der Waals surface area contributed by atoms with E-state index in [9.17, 15) is 0 Å². The van der Waals surface area contributed by atoms with Crippen LogP contribution in [0.25, 0.3) is 0 Å². The average Bonchev–Trinajstić information content (AvgIpc) is 2.33. The topological polar surface area (TPSA) is 88.1 Å². The van der Waals surface area contributed by atoms with Crippen LogP contribution in [0.2, 0.25) is 0 Å². The Kier molecular flexibility index (Phi) is 5.20. The van der Waals surface area contributed by atoms with Crippen LogP contribution in [0.5, 0.6) is 0 Å². The summed E-state index contributed by atoms with van der Waals surface area (Å²) in [6.07, 6.45) is 8.69. The van der Waals surface area contributed by atoms with Gasteiger partial charge in [0.1, 0.15) is 0 Å². The molecule has 0 amide bonds. The standard InChI is InChI=1S/C14H31N5/c1-14(2,18-10-6-4-3-5-7-10)19-11-8-9-12(15)17-13(11)16/h10-13,17-19H,3-9,15-16H2,1-2H3. The van der Waals surface area contributed by atoms with Crippen molar-refractivity contribution in [2.45, 2.75) is 88.9 Å². The summed E-state index contributed by atoms with van der Waals surface area (Å²) in [5.41, 5.74) is 11.9. The third-order valence-electron chi connectivity index (χ3n) is 4.35. The molecule has 0 aromatic heterocycles. The van der Waals surface area contributed by atoms with E-state index < -0.39 is 0 Å². The Morgan fingerprint density at radius 2 is 1.63 bits per heavy atom.